The molecule has 12 heteroatoms. The van der Waals surface area contributed by atoms with Crippen molar-refractivity contribution in [2.45, 2.75) is 46.5 Å². The van der Waals surface area contributed by atoms with E-state index in [0.717, 1.165) is 17.0 Å². The second-order valence-corrected chi connectivity index (χ2v) is 8.16. The van der Waals surface area contributed by atoms with E-state index in [4.69, 9.17) is 0 Å². The Bertz CT molecular complexity index is 1210. The van der Waals surface area contributed by atoms with Crippen LogP contribution in [0.1, 0.15) is 70.3 Å². The molecule has 0 radical (unpaired) electrons. The Hall–Kier alpha value is -4.22. The van der Waals surface area contributed by atoms with Crippen LogP contribution in [-0.4, -0.2) is 47.8 Å². The van der Waals surface area contributed by atoms with E-state index in [2.05, 4.69) is 15.4 Å². The van der Waals surface area contributed by atoms with E-state index in [1.807, 2.05) is 20.8 Å². The van der Waals surface area contributed by atoms with Gasteiger partial charge in [0.15, 0.2) is 0 Å². The van der Waals surface area contributed by atoms with Gasteiger partial charge >= 0.3 is 6.36 Å². The summed E-state index contributed by atoms with van der Waals surface area (Å²) in [6, 6.07) is 9.15. The summed E-state index contributed by atoms with van der Waals surface area (Å²) in [4.78, 5) is 58.1. The van der Waals surface area contributed by atoms with E-state index < -0.39 is 23.9 Å². The Kier molecular flexibility index (Phi) is 10.1. The number of piperidine rings is 1. The number of ether oxygens (including phenoxy) is 1. The fraction of sp³-hybridized carbons (Fsp3) is 0.346. The van der Waals surface area contributed by atoms with Crippen LogP contribution < -0.4 is 15.4 Å². The van der Waals surface area contributed by atoms with Crippen molar-refractivity contribution >= 4 is 29.5 Å². The van der Waals surface area contributed by atoms with Crippen molar-refractivity contribution in [3.8, 4) is 5.75 Å². The Balaban J connectivity index is 0.000000387. The third-order valence-corrected chi connectivity index (χ3v) is 5.47. The first-order valence-corrected chi connectivity index (χ1v) is 11.8. The lowest BCUT2D eigenvalue weighted by Crippen LogP contribution is -2.39. The first kappa shape index (κ1) is 30.0. The summed E-state index contributed by atoms with van der Waals surface area (Å²) >= 11 is 0. The number of fused-ring (bicyclic) bond motifs is 1. The van der Waals surface area contributed by atoms with Crippen molar-refractivity contribution in [2.24, 2.45) is 5.92 Å². The molecule has 0 aromatic heterocycles. The number of imide groups is 2. The molecule has 0 spiro atoms. The molecule has 2 aromatic carbocycles. The molecule has 1 saturated heterocycles. The molecule has 4 rings (SSSR count). The fourth-order valence-corrected chi connectivity index (χ4v) is 3.41. The molecule has 2 aliphatic heterocycles. The monoisotopic (exact) mass is 535 g/mol. The van der Waals surface area contributed by atoms with Crippen LogP contribution in [-0.2, 0) is 16.1 Å². The fourth-order valence-electron chi connectivity index (χ4n) is 3.41. The Morgan fingerprint density at radius 1 is 1.03 bits per heavy atom. The third kappa shape index (κ3) is 7.89. The maximum Gasteiger partial charge on any atom is 0.573 e. The summed E-state index contributed by atoms with van der Waals surface area (Å²) in [5.41, 5.74) is 1.33. The van der Waals surface area contributed by atoms with Gasteiger partial charge < -0.3 is 10.1 Å². The number of amides is 5. The minimum atomic E-state index is -4.80. The summed E-state index contributed by atoms with van der Waals surface area (Å²) < 4.78 is 40.1. The zero-order valence-corrected chi connectivity index (χ0v) is 21.3. The number of nitrogens with one attached hydrogen (secondary N) is 2. The van der Waals surface area contributed by atoms with E-state index >= 15 is 0 Å². The van der Waals surface area contributed by atoms with Gasteiger partial charge in [0, 0.05) is 31.5 Å². The summed E-state index contributed by atoms with van der Waals surface area (Å²) in [7, 11) is 1.39. The van der Waals surface area contributed by atoms with Gasteiger partial charge in [-0.15, -0.1) is 13.2 Å². The van der Waals surface area contributed by atoms with E-state index in [1.165, 1.54) is 31.3 Å². The number of carbonyl (C=O) groups is 5. The van der Waals surface area contributed by atoms with Crippen LogP contribution in [0.25, 0.3) is 0 Å². The number of alkyl halides is 3. The molecule has 2 N–H and O–H groups in total. The smallest absolute Gasteiger partial charge is 0.406 e. The number of hydrogen-bond donors (Lipinski definition) is 2. The highest BCUT2D eigenvalue weighted by Gasteiger charge is 2.33. The van der Waals surface area contributed by atoms with Crippen LogP contribution in [0.3, 0.4) is 0 Å². The number of halogens is 3. The van der Waals surface area contributed by atoms with Gasteiger partial charge in [-0.1, -0.05) is 26.8 Å². The lowest BCUT2D eigenvalue weighted by molar-refractivity contribution is -0.274. The molecule has 2 aliphatic rings. The van der Waals surface area contributed by atoms with Gasteiger partial charge in [-0.05, 0) is 48.4 Å². The molecule has 1 fully saturated rings. The molecule has 0 unspecified atom stereocenters. The average Bonchev–Trinajstić information content (AvgIpc) is 3.09. The molecule has 1 atom stereocenters. The Morgan fingerprint density at radius 2 is 1.63 bits per heavy atom. The second kappa shape index (κ2) is 12.8. The van der Waals surface area contributed by atoms with Gasteiger partial charge in [0.05, 0.1) is 11.1 Å². The largest absolute Gasteiger partial charge is 0.573 e. The first-order chi connectivity index (χ1) is 17.9. The van der Waals surface area contributed by atoms with Crippen LogP contribution in [0.5, 0.6) is 5.75 Å². The first-order valence-electron chi connectivity index (χ1n) is 11.8. The van der Waals surface area contributed by atoms with Gasteiger partial charge in [-0.3, -0.25) is 34.2 Å². The highest BCUT2D eigenvalue weighted by Crippen LogP contribution is 2.24. The van der Waals surface area contributed by atoms with Gasteiger partial charge in [0.1, 0.15) is 5.75 Å². The predicted molar refractivity (Wildman–Crippen MR) is 130 cm³/mol. The molecule has 2 heterocycles. The number of hydrogen-bond acceptors (Lipinski definition) is 6. The van der Waals surface area contributed by atoms with Gasteiger partial charge in [-0.25, -0.2) is 0 Å². The van der Waals surface area contributed by atoms with E-state index in [1.54, 1.807) is 6.07 Å². The normalized spacial score (nSPS) is 16.4. The highest BCUT2D eigenvalue weighted by atomic mass is 19.4. The molecular weight excluding hydrogens is 507 g/mol. The second-order valence-electron chi connectivity index (χ2n) is 8.16. The van der Waals surface area contributed by atoms with E-state index in [0.29, 0.717) is 24.0 Å². The molecular formula is C26H28F3N3O6. The third-order valence-electron chi connectivity index (χ3n) is 5.47. The van der Waals surface area contributed by atoms with Crippen molar-refractivity contribution in [3.63, 3.8) is 0 Å². The molecule has 2 aromatic rings. The van der Waals surface area contributed by atoms with E-state index in [9.17, 15) is 37.1 Å². The minimum absolute atomic E-state index is 0.0164. The minimum Gasteiger partial charge on any atom is -0.406 e. The highest BCUT2D eigenvalue weighted by molar-refractivity contribution is 6.21. The molecule has 5 amide bonds. The van der Waals surface area contributed by atoms with Crippen LogP contribution in [0.4, 0.5) is 13.2 Å². The number of carbonyl (C=O) groups excluding carboxylic acids is 5. The molecule has 204 valence electrons. The molecule has 0 saturated carbocycles. The van der Waals surface area contributed by atoms with E-state index in [-0.39, 0.29) is 41.3 Å². The quantitative estimate of drug-likeness (QED) is 0.574. The topological polar surface area (TPSA) is 122 Å². The van der Waals surface area contributed by atoms with Crippen molar-refractivity contribution in [2.75, 3.05) is 7.05 Å². The van der Waals surface area contributed by atoms with Gasteiger partial charge in [0.2, 0.25) is 11.8 Å². The SMILES string of the molecule is CC.CN1C(=O)c2ccc(CNC(=O)c3ccc(OC(F)(F)F)cc3)cc2C1=O.C[C@@H]1CCC(=O)NC1=O. The molecule has 0 bridgehead atoms. The summed E-state index contributed by atoms with van der Waals surface area (Å²) in [5.74, 6) is -1.99. The maximum atomic E-state index is 12.1. The van der Waals surface area contributed by atoms with Gasteiger partial charge in [0.25, 0.3) is 17.7 Å². The summed E-state index contributed by atoms with van der Waals surface area (Å²) in [6.45, 7) is 5.90. The van der Waals surface area contributed by atoms with Crippen LogP contribution in [0, 0.1) is 5.92 Å². The number of rotatable bonds is 4. The number of benzene rings is 2. The van der Waals surface area contributed by atoms with Crippen molar-refractivity contribution in [1.29, 1.82) is 0 Å². The molecule has 38 heavy (non-hydrogen) atoms. The maximum absolute atomic E-state index is 12.1. The average molecular weight is 536 g/mol. The zero-order valence-electron chi connectivity index (χ0n) is 21.3. The standard InChI is InChI=1S/C18H13F3N2O4.C6H9NO2.C2H6/c1-23-16(25)13-7-2-10(8-14(13)17(23)26)9-22-15(24)11-3-5-12(6-4-11)27-18(19,20)21;1-4-2-3-5(8)7-6(4)9;1-2/h2-8H,9H2,1H3,(H,22,24);4H,2-3H2,1H3,(H,7,8,9);1-2H3/t;4-;/m.1./s1. The van der Waals surface area contributed by atoms with Gasteiger partial charge in [-0.2, -0.15) is 0 Å². The van der Waals surface area contributed by atoms with Crippen LogP contribution >= 0.6 is 0 Å². The van der Waals surface area contributed by atoms with Crippen molar-refractivity contribution < 1.29 is 41.9 Å². The predicted octanol–water partition coefficient (Wildman–Crippen LogP) is 3.83. The van der Waals surface area contributed by atoms with Crippen molar-refractivity contribution in [3.05, 3.63) is 64.7 Å². The summed E-state index contributed by atoms with van der Waals surface area (Å²) in [6.07, 6.45) is -3.61. The molecule has 0 aliphatic carbocycles. The zero-order chi connectivity index (χ0) is 28.6. The van der Waals surface area contributed by atoms with Crippen LogP contribution in [0.15, 0.2) is 42.5 Å². The lowest BCUT2D eigenvalue weighted by atomic mass is 10.0. The lowest BCUT2D eigenvalue weighted by Gasteiger charge is -2.15. The number of nitrogens with zero attached hydrogens (tertiary/aromatic N) is 1. The summed E-state index contributed by atoms with van der Waals surface area (Å²) in [5, 5.41) is 4.85. The van der Waals surface area contributed by atoms with Crippen LogP contribution in [0.2, 0.25) is 0 Å². The molecule has 9 nitrogen and oxygen atoms in total. The Morgan fingerprint density at radius 3 is 2.18 bits per heavy atom. The van der Waals surface area contributed by atoms with Crippen molar-refractivity contribution in [1.82, 2.24) is 15.5 Å². The Labute approximate surface area is 217 Å².